The lowest BCUT2D eigenvalue weighted by Gasteiger charge is -2.38. The number of nitrogens with zero attached hydrogens (tertiary/aromatic N) is 2. The Morgan fingerprint density at radius 2 is 2.06 bits per heavy atom. The molecule has 0 aromatic heterocycles. The van der Waals surface area contributed by atoms with Gasteiger partial charge in [0.25, 0.3) is 0 Å². The van der Waals surface area contributed by atoms with Crippen molar-refractivity contribution in [3.8, 4) is 6.07 Å². The molecule has 8 heteroatoms. The zero-order valence-corrected chi connectivity index (χ0v) is 9.67. The van der Waals surface area contributed by atoms with E-state index in [2.05, 4.69) is 0 Å². The van der Waals surface area contributed by atoms with Crippen molar-refractivity contribution in [3.05, 3.63) is 0 Å². The third kappa shape index (κ3) is 2.05. The molecule has 2 amide bonds. The molecule has 0 aliphatic carbocycles. The fourth-order valence-electron chi connectivity index (χ4n) is 1.37. The summed E-state index contributed by atoms with van der Waals surface area (Å²) in [6.07, 6.45) is 0. The van der Waals surface area contributed by atoms with Crippen LogP contribution in [0.4, 0.5) is 0 Å². The van der Waals surface area contributed by atoms with Gasteiger partial charge >= 0.3 is 0 Å². The lowest BCUT2D eigenvalue weighted by molar-refractivity contribution is -0.141. The molecule has 0 aromatic carbocycles. The first-order valence-electron chi connectivity index (χ1n) is 4.43. The van der Waals surface area contributed by atoms with Crippen LogP contribution in [-0.2, 0) is 19.6 Å². The van der Waals surface area contributed by atoms with Gasteiger partial charge in [0.05, 0.1) is 12.6 Å². The predicted molar refractivity (Wildman–Crippen MR) is 53.3 cm³/mol. The van der Waals surface area contributed by atoms with Crippen LogP contribution in [0.15, 0.2) is 0 Å². The van der Waals surface area contributed by atoms with Crippen molar-refractivity contribution in [1.29, 1.82) is 5.26 Å². The monoisotopic (exact) mass is 245 g/mol. The molecular weight excluding hydrogens is 234 g/mol. The molecule has 1 rings (SSSR count). The minimum atomic E-state index is -3.92. The Morgan fingerprint density at radius 3 is 2.56 bits per heavy atom. The number of rotatable bonds is 2. The van der Waals surface area contributed by atoms with Gasteiger partial charge in [-0.05, 0) is 13.8 Å². The van der Waals surface area contributed by atoms with Gasteiger partial charge in [-0.15, -0.1) is 0 Å². The minimum Gasteiger partial charge on any atom is -0.294 e. The fraction of sp³-hybridized carbons (Fsp3) is 0.625. The second-order valence-electron chi connectivity index (χ2n) is 3.86. The van der Waals surface area contributed by atoms with Crippen molar-refractivity contribution in [1.82, 2.24) is 9.62 Å². The number of nitriles is 1. The van der Waals surface area contributed by atoms with Gasteiger partial charge in [0.15, 0.2) is 5.75 Å². The van der Waals surface area contributed by atoms with Crippen LogP contribution in [0.1, 0.15) is 13.8 Å². The standard InChI is InChI=1S/C8H11N3O4S/c1-8(2)7(13)10-6(12)5-11(8)16(14,15)4-3-9/h4-5H2,1-2H3,(H,10,12,13). The van der Waals surface area contributed by atoms with Gasteiger partial charge in [-0.3, -0.25) is 14.9 Å². The Morgan fingerprint density at radius 1 is 1.50 bits per heavy atom. The maximum Gasteiger partial charge on any atom is 0.247 e. The van der Waals surface area contributed by atoms with Crippen molar-refractivity contribution in [3.63, 3.8) is 0 Å². The third-order valence-electron chi connectivity index (χ3n) is 2.30. The lowest BCUT2D eigenvalue weighted by atomic mass is 10.0. The summed E-state index contributed by atoms with van der Waals surface area (Å²) in [5.74, 6) is -2.13. The van der Waals surface area contributed by atoms with Crippen LogP contribution in [0, 0.1) is 11.3 Å². The highest BCUT2D eigenvalue weighted by molar-refractivity contribution is 7.89. The quantitative estimate of drug-likeness (QED) is 0.600. The number of hydrogen-bond acceptors (Lipinski definition) is 5. The van der Waals surface area contributed by atoms with Gasteiger partial charge in [0.1, 0.15) is 5.54 Å². The largest absolute Gasteiger partial charge is 0.294 e. The lowest BCUT2D eigenvalue weighted by Crippen LogP contribution is -2.65. The van der Waals surface area contributed by atoms with Crippen LogP contribution in [-0.4, -0.2) is 42.4 Å². The van der Waals surface area contributed by atoms with Crippen LogP contribution in [0.3, 0.4) is 0 Å². The molecule has 1 heterocycles. The molecule has 7 nitrogen and oxygen atoms in total. The number of imide groups is 1. The number of hydrogen-bond donors (Lipinski definition) is 1. The highest BCUT2D eigenvalue weighted by atomic mass is 32.2. The van der Waals surface area contributed by atoms with Crippen molar-refractivity contribution in [2.75, 3.05) is 12.3 Å². The van der Waals surface area contributed by atoms with E-state index in [0.717, 1.165) is 4.31 Å². The SMILES string of the molecule is CC1(C)C(=O)NC(=O)CN1S(=O)(=O)CC#N. The van der Waals surface area contributed by atoms with Crippen molar-refractivity contribution >= 4 is 21.8 Å². The molecule has 16 heavy (non-hydrogen) atoms. The van der Waals surface area contributed by atoms with Crippen LogP contribution >= 0.6 is 0 Å². The van der Waals surface area contributed by atoms with Gasteiger partial charge in [-0.2, -0.15) is 9.57 Å². The number of carbonyl (C=O) groups excluding carboxylic acids is 2. The van der Waals surface area contributed by atoms with E-state index in [1.165, 1.54) is 19.9 Å². The molecule has 0 atom stereocenters. The molecule has 0 unspecified atom stereocenters. The summed E-state index contributed by atoms with van der Waals surface area (Å²) in [5, 5.41) is 10.4. The highest BCUT2D eigenvalue weighted by Crippen LogP contribution is 2.22. The van der Waals surface area contributed by atoms with Crippen LogP contribution in [0.2, 0.25) is 0 Å². The Bertz CT molecular complexity index is 474. The van der Waals surface area contributed by atoms with E-state index in [4.69, 9.17) is 5.26 Å². The Hall–Kier alpha value is -1.46. The summed E-state index contributed by atoms with van der Waals surface area (Å²) in [5.41, 5.74) is -1.36. The topological polar surface area (TPSA) is 107 Å². The van der Waals surface area contributed by atoms with Gasteiger partial charge in [-0.1, -0.05) is 0 Å². The molecule has 1 saturated heterocycles. The number of carbonyl (C=O) groups is 2. The molecule has 0 bridgehead atoms. The van der Waals surface area contributed by atoms with Crippen LogP contribution in [0.25, 0.3) is 0 Å². The third-order valence-corrected chi connectivity index (χ3v) is 4.05. The second kappa shape index (κ2) is 3.84. The van der Waals surface area contributed by atoms with E-state index < -0.39 is 39.7 Å². The van der Waals surface area contributed by atoms with Gasteiger partial charge < -0.3 is 0 Å². The summed E-state index contributed by atoms with van der Waals surface area (Å²) in [6.45, 7) is 2.32. The Balaban J connectivity index is 3.16. The van der Waals surface area contributed by atoms with Crippen molar-refractivity contribution in [2.45, 2.75) is 19.4 Å². The first-order valence-corrected chi connectivity index (χ1v) is 6.04. The summed E-state index contributed by atoms with van der Waals surface area (Å²) in [6, 6.07) is 1.50. The van der Waals surface area contributed by atoms with Crippen molar-refractivity contribution in [2.24, 2.45) is 0 Å². The highest BCUT2D eigenvalue weighted by Gasteiger charge is 2.46. The molecule has 0 aromatic rings. The number of amides is 2. The minimum absolute atomic E-state index is 0.442. The predicted octanol–water partition coefficient (Wildman–Crippen LogP) is -1.42. The molecule has 1 aliphatic rings. The molecule has 1 aliphatic heterocycles. The molecule has 1 N–H and O–H groups in total. The van der Waals surface area contributed by atoms with Gasteiger partial charge in [0.2, 0.25) is 21.8 Å². The summed E-state index contributed by atoms with van der Waals surface area (Å²) < 4.78 is 24.1. The average Bonchev–Trinajstić information content (AvgIpc) is 2.11. The number of piperazine rings is 1. The summed E-state index contributed by atoms with van der Waals surface area (Å²) in [7, 11) is -3.92. The molecule has 88 valence electrons. The number of nitrogens with one attached hydrogen (secondary N) is 1. The first-order chi connectivity index (χ1) is 7.21. The molecule has 1 fully saturated rings. The van der Waals surface area contributed by atoms with E-state index in [-0.39, 0.29) is 0 Å². The smallest absolute Gasteiger partial charge is 0.247 e. The average molecular weight is 245 g/mol. The second-order valence-corrected chi connectivity index (χ2v) is 5.75. The van der Waals surface area contributed by atoms with E-state index in [1.54, 1.807) is 0 Å². The molecule has 0 radical (unpaired) electrons. The van der Waals surface area contributed by atoms with Crippen molar-refractivity contribution < 1.29 is 18.0 Å². The van der Waals surface area contributed by atoms with E-state index in [9.17, 15) is 18.0 Å². The summed E-state index contributed by atoms with van der Waals surface area (Å²) >= 11 is 0. The maximum atomic E-state index is 11.7. The van der Waals surface area contributed by atoms with E-state index in [0.29, 0.717) is 0 Å². The van der Waals surface area contributed by atoms with Gasteiger partial charge in [0, 0.05) is 0 Å². The normalized spacial score (nSPS) is 21.3. The Labute approximate surface area is 93.1 Å². The summed E-state index contributed by atoms with van der Waals surface area (Å²) in [4.78, 5) is 22.6. The van der Waals surface area contributed by atoms with Crippen LogP contribution < -0.4 is 5.32 Å². The van der Waals surface area contributed by atoms with E-state index >= 15 is 0 Å². The van der Waals surface area contributed by atoms with Gasteiger partial charge in [-0.25, -0.2) is 8.42 Å². The van der Waals surface area contributed by atoms with Crippen LogP contribution in [0.5, 0.6) is 0 Å². The molecule has 0 spiro atoms. The maximum absolute atomic E-state index is 11.7. The Kier molecular flexibility index (Phi) is 3.03. The fourth-order valence-corrected chi connectivity index (χ4v) is 2.78. The first kappa shape index (κ1) is 12.6. The zero-order chi connectivity index (χ0) is 12.6. The zero-order valence-electron chi connectivity index (χ0n) is 8.85. The number of sulfonamides is 1. The molecular formula is C8H11N3O4S. The molecule has 0 saturated carbocycles. The van der Waals surface area contributed by atoms with E-state index in [1.807, 2.05) is 5.32 Å².